The fourth-order valence-corrected chi connectivity index (χ4v) is 3.11. The Labute approximate surface area is 85.1 Å². The standard InChI is InChI=1S/C9H9ClO2S/c10-8-4-5-1-2-6(9(11)12)3-7(5)13-8/h4,6H,1-3H2,(H,11,12). The van der Waals surface area contributed by atoms with Crippen molar-refractivity contribution >= 4 is 28.9 Å². The van der Waals surface area contributed by atoms with Crippen LogP contribution < -0.4 is 0 Å². The van der Waals surface area contributed by atoms with E-state index in [1.165, 1.54) is 16.9 Å². The molecule has 1 unspecified atom stereocenters. The fourth-order valence-electron chi connectivity index (χ4n) is 1.68. The number of carboxylic acids is 1. The minimum atomic E-state index is -0.685. The van der Waals surface area contributed by atoms with Crippen molar-refractivity contribution in [3.8, 4) is 0 Å². The van der Waals surface area contributed by atoms with Gasteiger partial charge < -0.3 is 5.11 Å². The highest BCUT2D eigenvalue weighted by Crippen LogP contribution is 2.34. The molecule has 0 saturated carbocycles. The maximum absolute atomic E-state index is 10.7. The number of hydrogen-bond acceptors (Lipinski definition) is 2. The highest BCUT2D eigenvalue weighted by atomic mass is 35.5. The number of fused-ring (bicyclic) bond motifs is 1. The monoisotopic (exact) mass is 216 g/mol. The molecule has 0 amide bonds. The fraction of sp³-hybridized carbons (Fsp3) is 0.444. The van der Waals surface area contributed by atoms with E-state index >= 15 is 0 Å². The van der Waals surface area contributed by atoms with Crippen LogP contribution in [0.15, 0.2) is 6.07 Å². The molecule has 0 aliphatic heterocycles. The predicted molar refractivity (Wildman–Crippen MR) is 52.5 cm³/mol. The summed E-state index contributed by atoms with van der Waals surface area (Å²) in [6, 6.07) is 1.96. The van der Waals surface area contributed by atoms with E-state index in [9.17, 15) is 4.79 Å². The molecule has 0 bridgehead atoms. The average Bonchev–Trinajstić information content (AvgIpc) is 2.42. The number of rotatable bonds is 1. The zero-order valence-electron chi connectivity index (χ0n) is 6.92. The van der Waals surface area contributed by atoms with Gasteiger partial charge in [-0.25, -0.2) is 0 Å². The van der Waals surface area contributed by atoms with Crippen molar-refractivity contribution < 1.29 is 9.90 Å². The minimum Gasteiger partial charge on any atom is -0.481 e. The molecule has 0 aromatic carbocycles. The van der Waals surface area contributed by atoms with Gasteiger partial charge in [0.05, 0.1) is 10.3 Å². The first kappa shape index (κ1) is 9.03. The Balaban J connectivity index is 2.24. The number of aryl methyl sites for hydroxylation is 1. The predicted octanol–water partition coefficient (Wildman–Crippen LogP) is 2.59. The summed E-state index contributed by atoms with van der Waals surface area (Å²) in [5.74, 6) is -0.891. The first-order valence-electron chi connectivity index (χ1n) is 4.16. The molecule has 1 aromatic rings. The molecule has 2 rings (SSSR count). The van der Waals surface area contributed by atoms with Gasteiger partial charge in [-0.2, -0.15) is 0 Å². The Bertz CT molecular complexity index is 345. The van der Waals surface area contributed by atoms with Crippen molar-refractivity contribution in [2.24, 2.45) is 5.92 Å². The van der Waals surface area contributed by atoms with Crippen molar-refractivity contribution in [1.29, 1.82) is 0 Å². The van der Waals surface area contributed by atoms with Gasteiger partial charge in [0.15, 0.2) is 0 Å². The number of carbonyl (C=O) groups is 1. The Kier molecular flexibility index (Phi) is 2.30. The molecule has 13 heavy (non-hydrogen) atoms. The van der Waals surface area contributed by atoms with Crippen molar-refractivity contribution in [3.63, 3.8) is 0 Å². The van der Waals surface area contributed by atoms with Crippen molar-refractivity contribution in [2.75, 3.05) is 0 Å². The lowest BCUT2D eigenvalue weighted by Gasteiger charge is -2.17. The SMILES string of the molecule is O=C(O)C1CCc2cc(Cl)sc2C1. The van der Waals surface area contributed by atoms with Crippen LogP contribution in [-0.4, -0.2) is 11.1 Å². The first-order valence-corrected chi connectivity index (χ1v) is 5.36. The van der Waals surface area contributed by atoms with Crippen LogP contribution in [0.25, 0.3) is 0 Å². The van der Waals surface area contributed by atoms with E-state index in [2.05, 4.69) is 0 Å². The molecule has 2 nitrogen and oxygen atoms in total. The summed E-state index contributed by atoms with van der Waals surface area (Å²) in [6.07, 6.45) is 2.26. The van der Waals surface area contributed by atoms with E-state index in [0.29, 0.717) is 6.42 Å². The Morgan fingerprint density at radius 1 is 1.69 bits per heavy atom. The van der Waals surface area contributed by atoms with Crippen molar-refractivity contribution in [1.82, 2.24) is 0 Å². The van der Waals surface area contributed by atoms with Crippen LogP contribution in [0.3, 0.4) is 0 Å². The van der Waals surface area contributed by atoms with E-state index in [4.69, 9.17) is 16.7 Å². The van der Waals surface area contributed by atoms with Gasteiger partial charge in [0.25, 0.3) is 0 Å². The summed E-state index contributed by atoms with van der Waals surface area (Å²) in [4.78, 5) is 11.9. The molecule has 0 spiro atoms. The summed E-state index contributed by atoms with van der Waals surface area (Å²) >= 11 is 7.36. The van der Waals surface area contributed by atoms with Crippen molar-refractivity contribution in [3.05, 3.63) is 20.8 Å². The molecular weight excluding hydrogens is 208 g/mol. The lowest BCUT2D eigenvalue weighted by Crippen LogP contribution is -2.20. The number of carboxylic acid groups (broad SMARTS) is 1. The van der Waals surface area contributed by atoms with E-state index in [-0.39, 0.29) is 5.92 Å². The maximum atomic E-state index is 10.7. The average molecular weight is 217 g/mol. The summed E-state index contributed by atoms with van der Waals surface area (Å²) in [5, 5.41) is 8.84. The van der Waals surface area contributed by atoms with E-state index in [0.717, 1.165) is 22.1 Å². The third kappa shape index (κ3) is 1.71. The maximum Gasteiger partial charge on any atom is 0.306 e. The molecule has 1 aromatic heterocycles. The highest BCUT2D eigenvalue weighted by Gasteiger charge is 2.25. The molecule has 1 aliphatic rings. The molecule has 0 radical (unpaired) electrons. The number of aliphatic carboxylic acids is 1. The van der Waals surface area contributed by atoms with Crippen LogP contribution >= 0.6 is 22.9 Å². The quantitative estimate of drug-likeness (QED) is 0.784. The largest absolute Gasteiger partial charge is 0.481 e. The molecule has 1 heterocycles. The first-order chi connectivity index (χ1) is 6.16. The zero-order chi connectivity index (χ0) is 9.42. The van der Waals surface area contributed by atoms with Crippen LogP contribution in [0.1, 0.15) is 16.9 Å². The van der Waals surface area contributed by atoms with Crippen LogP contribution in [0.5, 0.6) is 0 Å². The van der Waals surface area contributed by atoms with Gasteiger partial charge in [0.1, 0.15) is 0 Å². The molecule has 4 heteroatoms. The third-order valence-corrected chi connectivity index (χ3v) is 3.74. The van der Waals surface area contributed by atoms with E-state index in [1.807, 2.05) is 6.07 Å². The third-order valence-electron chi connectivity index (χ3n) is 2.41. The Hall–Kier alpha value is -0.540. The van der Waals surface area contributed by atoms with Gasteiger partial charge in [-0.15, -0.1) is 11.3 Å². The lowest BCUT2D eigenvalue weighted by atomic mass is 9.89. The zero-order valence-corrected chi connectivity index (χ0v) is 8.49. The van der Waals surface area contributed by atoms with Crippen molar-refractivity contribution in [2.45, 2.75) is 19.3 Å². The highest BCUT2D eigenvalue weighted by molar-refractivity contribution is 7.16. The molecule has 0 fully saturated rings. The van der Waals surface area contributed by atoms with Gasteiger partial charge in [-0.1, -0.05) is 11.6 Å². The van der Waals surface area contributed by atoms with Gasteiger partial charge in [0.2, 0.25) is 0 Å². The van der Waals surface area contributed by atoms with Crippen LogP contribution in [0.2, 0.25) is 4.34 Å². The topological polar surface area (TPSA) is 37.3 Å². The van der Waals surface area contributed by atoms with Crippen LogP contribution in [0.4, 0.5) is 0 Å². The molecule has 1 atom stereocenters. The Morgan fingerprint density at radius 2 is 2.46 bits per heavy atom. The summed E-state index contributed by atoms with van der Waals surface area (Å²) in [5.41, 5.74) is 1.24. The molecule has 70 valence electrons. The smallest absolute Gasteiger partial charge is 0.306 e. The number of halogens is 1. The minimum absolute atomic E-state index is 0.206. The summed E-state index contributed by atoms with van der Waals surface area (Å²) in [6.45, 7) is 0. The Morgan fingerprint density at radius 3 is 3.15 bits per heavy atom. The second-order valence-corrected chi connectivity index (χ2v) is 5.04. The van der Waals surface area contributed by atoms with E-state index in [1.54, 1.807) is 0 Å². The lowest BCUT2D eigenvalue weighted by molar-refractivity contribution is -0.142. The summed E-state index contributed by atoms with van der Waals surface area (Å²) in [7, 11) is 0. The van der Waals surface area contributed by atoms with Crippen LogP contribution in [-0.2, 0) is 17.6 Å². The summed E-state index contributed by atoms with van der Waals surface area (Å²) < 4.78 is 0.774. The number of hydrogen-bond donors (Lipinski definition) is 1. The normalized spacial score (nSPS) is 21.2. The molecular formula is C9H9ClO2S. The van der Waals surface area contributed by atoms with Crippen LogP contribution in [0, 0.1) is 5.92 Å². The second-order valence-electron chi connectivity index (χ2n) is 3.28. The number of thiophene rings is 1. The molecule has 0 saturated heterocycles. The molecule has 1 N–H and O–H groups in total. The second kappa shape index (κ2) is 3.31. The van der Waals surface area contributed by atoms with E-state index < -0.39 is 5.97 Å². The molecule has 1 aliphatic carbocycles. The van der Waals surface area contributed by atoms with Gasteiger partial charge >= 0.3 is 5.97 Å². The van der Waals surface area contributed by atoms with Gasteiger partial charge in [0, 0.05) is 4.88 Å². The van der Waals surface area contributed by atoms with Gasteiger partial charge in [-0.3, -0.25) is 4.79 Å². The van der Waals surface area contributed by atoms with Gasteiger partial charge in [-0.05, 0) is 30.9 Å².